The lowest BCUT2D eigenvalue weighted by Crippen LogP contribution is -2.49. The Morgan fingerprint density at radius 1 is 1.07 bits per heavy atom. The van der Waals surface area contributed by atoms with E-state index in [1.165, 1.54) is 30.1 Å². The van der Waals surface area contributed by atoms with Crippen LogP contribution in [0.2, 0.25) is 5.02 Å². The predicted octanol–water partition coefficient (Wildman–Crippen LogP) is 4.30. The Hall–Kier alpha value is -3.96. The molecule has 0 bridgehead atoms. The molecule has 0 saturated carbocycles. The lowest BCUT2D eigenvalue weighted by molar-refractivity contribution is -0.132. The number of nitrogens with zero attached hydrogens (tertiary/aromatic N) is 5. The molecule has 12 heteroatoms. The van der Waals surface area contributed by atoms with Crippen LogP contribution in [0.1, 0.15) is 36.0 Å². The number of aromatic nitrogens is 4. The van der Waals surface area contributed by atoms with Crippen LogP contribution in [0.15, 0.2) is 81.9 Å². The van der Waals surface area contributed by atoms with Crippen molar-refractivity contribution in [2.24, 2.45) is 0 Å². The number of hydrogen-bond acceptors (Lipinski definition) is 7. The van der Waals surface area contributed by atoms with Gasteiger partial charge in [0.05, 0.1) is 0 Å². The van der Waals surface area contributed by atoms with Gasteiger partial charge in [0.25, 0.3) is 5.56 Å². The van der Waals surface area contributed by atoms with Gasteiger partial charge in [0.2, 0.25) is 5.91 Å². The Morgan fingerprint density at radius 3 is 2.43 bits per heavy atom. The van der Waals surface area contributed by atoms with E-state index in [2.05, 4.69) is 19.9 Å². The Bertz CT molecular complexity index is 1630. The Morgan fingerprint density at radius 2 is 1.79 bits per heavy atom. The van der Waals surface area contributed by atoms with E-state index in [0.717, 1.165) is 11.3 Å². The number of hydrogen-bond donors (Lipinski definition) is 1. The van der Waals surface area contributed by atoms with Crippen molar-refractivity contribution in [1.29, 1.82) is 0 Å². The Balaban J connectivity index is 1.38. The third-order valence-electron chi connectivity index (χ3n) is 7.27. The monoisotopic (exact) mass is 608 g/mol. The van der Waals surface area contributed by atoms with E-state index in [0.29, 0.717) is 59.7 Å². The summed E-state index contributed by atoms with van der Waals surface area (Å²) in [6, 6.07) is 13.8. The van der Waals surface area contributed by atoms with Gasteiger partial charge in [-0.05, 0) is 53.9 Å². The van der Waals surface area contributed by atoms with Crippen LogP contribution in [0.3, 0.4) is 0 Å². The minimum atomic E-state index is -0.474. The number of benzene rings is 2. The highest BCUT2D eigenvalue weighted by atomic mass is 35.5. The van der Waals surface area contributed by atoms with E-state index in [9.17, 15) is 18.8 Å². The average molecular weight is 609 g/mol. The smallest absolute Gasteiger partial charge is 0.344 e. The summed E-state index contributed by atoms with van der Waals surface area (Å²) in [6.45, 7) is 4.42. The largest absolute Gasteiger partial charge is 0.368 e. The van der Waals surface area contributed by atoms with E-state index in [1.54, 1.807) is 29.1 Å². The highest BCUT2D eigenvalue weighted by Crippen LogP contribution is 2.27. The fourth-order valence-electron chi connectivity index (χ4n) is 4.98. The van der Waals surface area contributed by atoms with Crippen LogP contribution in [-0.2, 0) is 17.1 Å². The van der Waals surface area contributed by atoms with Crippen molar-refractivity contribution in [2.45, 2.75) is 36.7 Å². The Kier molecular flexibility index (Phi) is 9.38. The Labute approximate surface area is 251 Å². The SMILES string of the molecule is CCC(c1cnc(=O)[nH]c1)c1cn(CC(=O)N2CCN(c3ccc(Cl)cc3)CC2)c(SCc2ccc(F)cc2)nc1=O. The predicted molar refractivity (Wildman–Crippen MR) is 162 cm³/mol. The normalized spacial score (nSPS) is 14.2. The number of rotatable bonds is 9. The van der Waals surface area contributed by atoms with Gasteiger partial charge in [-0.15, -0.1) is 0 Å². The molecule has 4 aromatic rings. The van der Waals surface area contributed by atoms with Crippen molar-refractivity contribution in [2.75, 3.05) is 31.1 Å². The van der Waals surface area contributed by atoms with Crippen molar-refractivity contribution < 1.29 is 9.18 Å². The summed E-state index contributed by atoms with van der Waals surface area (Å²) in [7, 11) is 0. The van der Waals surface area contributed by atoms with E-state index in [-0.39, 0.29) is 24.2 Å². The molecule has 3 heterocycles. The van der Waals surface area contributed by atoms with Crippen molar-refractivity contribution in [3.05, 3.63) is 115 Å². The number of carbonyl (C=O) groups excluding carboxylic acids is 1. The van der Waals surface area contributed by atoms with Gasteiger partial charge in [-0.25, -0.2) is 14.2 Å². The standard InChI is InChI=1S/C30H30ClFN6O3S/c1-2-25(21-15-33-29(41)34-16-21)26-17-38(30(35-28(26)40)42-19-20-3-7-23(32)8-4-20)18-27(39)37-13-11-36(12-14-37)24-9-5-22(31)6-10-24/h3-10,15-17,25H,2,11-14,18-19H2,1H3,(H,33,34,41). The average Bonchev–Trinajstić information content (AvgIpc) is 3.00. The van der Waals surface area contributed by atoms with Crippen molar-refractivity contribution in [1.82, 2.24) is 24.4 Å². The summed E-state index contributed by atoms with van der Waals surface area (Å²) in [6.07, 6.45) is 5.27. The fourth-order valence-corrected chi connectivity index (χ4v) is 6.02. The van der Waals surface area contributed by atoms with Crippen LogP contribution in [0.4, 0.5) is 10.1 Å². The lowest BCUT2D eigenvalue weighted by atomic mass is 9.93. The number of halogens is 2. The van der Waals surface area contributed by atoms with E-state index < -0.39 is 11.2 Å². The lowest BCUT2D eigenvalue weighted by Gasteiger charge is -2.36. The first kappa shape index (κ1) is 29.5. The summed E-state index contributed by atoms with van der Waals surface area (Å²) < 4.78 is 15.1. The van der Waals surface area contributed by atoms with Gasteiger partial charge in [-0.2, -0.15) is 4.98 Å². The van der Waals surface area contributed by atoms with Crippen LogP contribution < -0.4 is 16.1 Å². The number of amides is 1. The minimum absolute atomic E-state index is 0.00723. The minimum Gasteiger partial charge on any atom is -0.368 e. The molecule has 1 aliphatic heterocycles. The number of thioether (sulfide) groups is 1. The van der Waals surface area contributed by atoms with Gasteiger partial charge in [0.1, 0.15) is 12.4 Å². The second-order valence-corrected chi connectivity index (χ2v) is 11.4. The summed E-state index contributed by atoms with van der Waals surface area (Å²) >= 11 is 7.34. The fraction of sp³-hybridized carbons (Fsp3) is 0.300. The van der Waals surface area contributed by atoms with Crippen molar-refractivity contribution in [3.63, 3.8) is 0 Å². The first-order chi connectivity index (χ1) is 20.3. The van der Waals surface area contributed by atoms with Crippen molar-refractivity contribution >= 4 is 35.0 Å². The molecule has 1 fully saturated rings. The number of H-pyrrole nitrogens is 1. The maximum absolute atomic E-state index is 13.5. The van der Waals surface area contributed by atoms with Gasteiger partial charge in [-0.3, -0.25) is 9.59 Å². The summed E-state index contributed by atoms with van der Waals surface area (Å²) in [5, 5.41) is 1.08. The van der Waals surface area contributed by atoms with Crippen LogP contribution in [0.5, 0.6) is 0 Å². The third kappa shape index (κ3) is 7.08. The van der Waals surface area contributed by atoms with Gasteiger partial charge in [0, 0.05) is 72.7 Å². The number of anilines is 1. The molecule has 218 valence electrons. The molecule has 0 spiro atoms. The third-order valence-corrected chi connectivity index (χ3v) is 8.59. The highest BCUT2D eigenvalue weighted by molar-refractivity contribution is 7.98. The molecule has 0 radical (unpaired) electrons. The van der Waals surface area contributed by atoms with Crippen LogP contribution in [0.25, 0.3) is 0 Å². The van der Waals surface area contributed by atoms with Gasteiger partial charge in [-0.1, -0.05) is 42.4 Å². The van der Waals surface area contributed by atoms with Crippen LogP contribution in [-0.4, -0.2) is 56.5 Å². The molecular weight excluding hydrogens is 579 g/mol. The maximum atomic E-state index is 13.5. The van der Waals surface area contributed by atoms with Gasteiger partial charge in [0.15, 0.2) is 5.16 Å². The van der Waals surface area contributed by atoms with E-state index >= 15 is 0 Å². The summed E-state index contributed by atoms with van der Waals surface area (Å²) in [5.41, 5.74) is 2.13. The highest BCUT2D eigenvalue weighted by Gasteiger charge is 2.24. The number of aromatic amines is 1. The van der Waals surface area contributed by atoms with Crippen LogP contribution >= 0.6 is 23.4 Å². The summed E-state index contributed by atoms with van der Waals surface area (Å²) in [4.78, 5) is 53.1. The first-order valence-electron chi connectivity index (χ1n) is 13.6. The summed E-state index contributed by atoms with van der Waals surface area (Å²) in [5.74, 6) is -0.326. The first-order valence-corrected chi connectivity index (χ1v) is 15.0. The molecule has 2 aromatic carbocycles. The molecule has 1 aliphatic rings. The number of piperazine rings is 1. The van der Waals surface area contributed by atoms with Gasteiger partial charge >= 0.3 is 5.69 Å². The molecule has 5 rings (SSSR count). The van der Waals surface area contributed by atoms with Crippen LogP contribution in [0, 0.1) is 5.82 Å². The van der Waals surface area contributed by atoms with E-state index in [4.69, 9.17) is 11.6 Å². The molecule has 42 heavy (non-hydrogen) atoms. The molecule has 1 N–H and O–H groups in total. The number of nitrogens with one attached hydrogen (secondary N) is 1. The molecular formula is C30H30ClFN6O3S. The molecule has 9 nitrogen and oxygen atoms in total. The van der Waals surface area contributed by atoms with E-state index in [1.807, 2.05) is 36.1 Å². The second-order valence-electron chi connectivity index (χ2n) is 9.98. The van der Waals surface area contributed by atoms with Crippen molar-refractivity contribution in [3.8, 4) is 0 Å². The molecule has 1 unspecified atom stereocenters. The second kappa shape index (κ2) is 13.3. The van der Waals surface area contributed by atoms with Gasteiger partial charge < -0.3 is 19.4 Å². The maximum Gasteiger partial charge on any atom is 0.344 e. The zero-order chi connectivity index (χ0) is 29.6. The molecule has 1 atom stereocenters. The molecule has 0 aliphatic carbocycles. The molecule has 1 saturated heterocycles. The molecule has 2 aromatic heterocycles. The topological polar surface area (TPSA) is 104 Å². The zero-order valence-electron chi connectivity index (χ0n) is 23.0. The number of carbonyl (C=O) groups is 1. The quantitative estimate of drug-likeness (QED) is 0.223. The molecule has 1 amide bonds. The zero-order valence-corrected chi connectivity index (χ0v) is 24.6.